The minimum atomic E-state index is 0.670. The van der Waals surface area contributed by atoms with Gasteiger partial charge in [0, 0.05) is 33.5 Å². The van der Waals surface area contributed by atoms with Gasteiger partial charge in [0.1, 0.15) is 0 Å². The maximum absolute atomic E-state index is 2.58. The molecule has 2 heteroatoms. The van der Waals surface area contributed by atoms with Gasteiger partial charge in [0.05, 0.1) is 11.4 Å². The molecule has 8 aromatic carbocycles. The van der Waals surface area contributed by atoms with Gasteiger partial charge in [-0.25, -0.2) is 0 Å². The molecule has 0 atom stereocenters. The largest absolute Gasteiger partial charge is 0.310 e. The van der Waals surface area contributed by atoms with Gasteiger partial charge in [-0.1, -0.05) is 161 Å². The van der Waals surface area contributed by atoms with Crippen LogP contribution in [0.25, 0.3) is 32.3 Å². The molecule has 12 rings (SSSR count). The van der Waals surface area contributed by atoms with E-state index in [0.717, 1.165) is 0 Å². The van der Waals surface area contributed by atoms with Gasteiger partial charge in [-0.15, -0.1) is 0 Å². The van der Waals surface area contributed by atoms with Crippen molar-refractivity contribution in [1.82, 2.24) is 0 Å². The average Bonchev–Trinajstić information content (AvgIpc) is 3.43. The zero-order valence-corrected chi connectivity index (χ0v) is 42.2. The predicted molar refractivity (Wildman–Crippen MR) is 301 cm³/mol. The lowest BCUT2D eigenvalue weighted by Gasteiger charge is -2.31. The van der Waals surface area contributed by atoms with Gasteiger partial charge in [-0.05, 0) is 205 Å². The van der Waals surface area contributed by atoms with Crippen LogP contribution in [0.1, 0.15) is 185 Å². The summed E-state index contributed by atoms with van der Waals surface area (Å²) in [6, 6.07) is 58.5. The van der Waals surface area contributed by atoms with Gasteiger partial charge in [-0.3, -0.25) is 0 Å². The van der Waals surface area contributed by atoms with E-state index in [2.05, 4.69) is 169 Å². The molecule has 2 nitrogen and oxygen atoms in total. The molecule has 356 valence electrons. The predicted octanol–water partition coefficient (Wildman–Crippen LogP) is 20.9. The first kappa shape index (κ1) is 45.3. The Labute approximate surface area is 419 Å². The number of anilines is 6. The molecule has 0 aliphatic heterocycles. The molecule has 70 heavy (non-hydrogen) atoms. The molecule has 0 bridgehead atoms. The van der Waals surface area contributed by atoms with E-state index in [9.17, 15) is 0 Å². The molecule has 0 radical (unpaired) electrons. The van der Waals surface area contributed by atoms with Crippen LogP contribution in [0.5, 0.6) is 0 Å². The third-order valence-electron chi connectivity index (χ3n) is 17.7. The molecule has 4 saturated carbocycles. The number of fused-ring (bicyclic) bond motifs is 5. The molecular weight excluding hydrogens is 845 g/mol. The zero-order valence-electron chi connectivity index (χ0n) is 42.2. The van der Waals surface area contributed by atoms with Gasteiger partial charge in [0.25, 0.3) is 0 Å². The van der Waals surface area contributed by atoms with Crippen molar-refractivity contribution in [3.05, 3.63) is 179 Å². The highest BCUT2D eigenvalue weighted by molar-refractivity contribution is 6.24. The number of aryl methyl sites for hydroxylation is 2. The van der Waals surface area contributed by atoms with Crippen LogP contribution in [0, 0.1) is 13.8 Å². The molecule has 8 aromatic rings. The maximum Gasteiger partial charge on any atom is 0.0546 e. The topological polar surface area (TPSA) is 6.48 Å². The summed E-state index contributed by atoms with van der Waals surface area (Å²) >= 11 is 0. The van der Waals surface area contributed by atoms with Crippen molar-refractivity contribution in [1.29, 1.82) is 0 Å². The van der Waals surface area contributed by atoms with Gasteiger partial charge in [0.2, 0.25) is 0 Å². The second kappa shape index (κ2) is 20.1. The molecular formula is C68H74N2. The standard InChI is InChI=1S/C68H74N2/c1-47-23-41-61-63-46-68(70(59-37-29-55(30-38-59)51-19-11-5-12-20-51)60-39-31-56(32-40-60)52-21-13-6-14-22-52)66-44-48(2)24-42-62(66)64(63)45-67(65(61)43-47)69(57-33-25-53(26-34-57)49-15-7-3-8-16-49)58-35-27-54(28-36-58)50-17-9-4-10-18-50/h23-46,49-52H,3-22H2,1-2H3. The van der Waals surface area contributed by atoms with Crippen LogP contribution >= 0.6 is 0 Å². The summed E-state index contributed by atoms with van der Waals surface area (Å²) in [4.78, 5) is 5.16. The molecule has 4 aliphatic rings. The smallest absolute Gasteiger partial charge is 0.0546 e. The van der Waals surface area contributed by atoms with E-state index < -0.39 is 0 Å². The Morgan fingerprint density at radius 2 is 0.514 bits per heavy atom. The second-order valence-electron chi connectivity index (χ2n) is 22.4. The molecule has 4 fully saturated rings. The van der Waals surface area contributed by atoms with Crippen molar-refractivity contribution in [3.8, 4) is 0 Å². The van der Waals surface area contributed by atoms with Gasteiger partial charge in [-0.2, -0.15) is 0 Å². The highest BCUT2D eigenvalue weighted by Crippen LogP contribution is 2.49. The first-order valence-corrected chi connectivity index (χ1v) is 27.9. The lowest BCUT2D eigenvalue weighted by molar-refractivity contribution is 0.443. The summed E-state index contributed by atoms with van der Waals surface area (Å²) in [5.74, 6) is 2.68. The fourth-order valence-corrected chi connectivity index (χ4v) is 13.8. The Morgan fingerprint density at radius 1 is 0.257 bits per heavy atom. The van der Waals surface area contributed by atoms with Crippen LogP contribution in [0.15, 0.2) is 146 Å². The van der Waals surface area contributed by atoms with Crippen LogP contribution < -0.4 is 9.80 Å². The molecule has 0 N–H and O–H groups in total. The van der Waals surface area contributed by atoms with E-state index >= 15 is 0 Å². The van der Waals surface area contributed by atoms with Crippen molar-refractivity contribution >= 4 is 66.4 Å². The molecule has 0 heterocycles. The minimum Gasteiger partial charge on any atom is -0.310 e. The summed E-state index contributed by atoms with van der Waals surface area (Å²) in [6.07, 6.45) is 26.8. The summed E-state index contributed by atoms with van der Waals surface area (Å²) in [6.45, 7) is 4.53. The quantitative estimate of drug-likeness (QED) is 0.126. The molecule has 0 spiro atoms. The molecule has 4 aliphatic carbocycles. The number of nitrogens with zero attached hydrogens (tertiary/aromatic N) is 2. The first-order chi connectivity index (χ1) is 34.5. The Morgan fingerprint density at radius 3 is 0.771 bits per heavy atom. The number of hydrogen-bond acceptors (Lipinski definition) is 2. The van der Waals surface area contributed by atoms with E-state index in [1.54, 1.807) is 0 Å². The summed E-state index contributed by atoms with van der Waals surface area (Å²) in [5.41, 5.74) is 15.9. The van der Waals surface area contributed by atoms with Crippen molar-refractivity contribution < 1.29 is 0 Å². The third-order valence-corrected chi connectivity index (χ3v) is 17.7. The van der Waals surface area contributed by atoms with E-state index in [-0.39, 0.29) is 0 Å². The van der Waals surface area contributed by atoms with Crippen LogP contribution in [-0.4, -0.2) is 0 Å². The molecule has 0 amide bonds. The van der Waals surface area contributed by atoms with Crippen molar-refractivity contribution in [2.75, 3.05) is 9.80 Å². The number of benzene rings is 8. The average molecular weight is 919 g/mol. The SMILES string of the molecule is Cc1ccc2c(c1)c(N(c1ccc(C3CCCCC3)cc1)c1ccc(C3CCCCC3)cc1)cc1c3ccc(C)cc3c(N(c3ccc(C4CCCCC4)cc3)c3ccc(C4CCCCC4)cc3)cc21. The molecule has 0 aromatic heterocycles. The van der Waals surface area contributed by atoms with Crippen LogP contribution in [0.3, 0.4) is 0 Å². The lowest BCUT2D eigenvalue weighted by atomic mass is 9.84. The maximum atomic E-state index is 2.58. The van der Waals surface area contributed by atoms with Gasteiger partial charge < -0.3 is 9.80 Å². The van der Waals surface area contributed by atoms with Crippen LogP contribution in [0.2, 0.25) is 0 Å². The van der Waals surface area contributed by atoms with Crippen molar-refractivity contribution in [2.45, 2.75) is 166 Å². The first-order valence-electron chi connectivity index (χ1n) is 27.9. The fraction of sp³-hybridized carbons (Fsp3) is 0.382. The highest BCUT2D eigenvalue weighted by Gasteiger charge is 2.26. The lowest BCUT2D eigenvalue weighted by Crippen LogP contribution is -2.13. The zero-order chi connectivity index (χ0) is 47.0. The summed E-state index contributed by atoms with van der Waals surface area (Å²) in [5, 5.41) is 7.77. The number of rotatable bonds is 10. The number of hydrogen-bond donors (Lipinski definition) is 0. The van der Waals surface area contributed by atoms with E-state index in [0.29, 0.717) is 23.7 Å². The Hall–Kier alpha value is -5.86. The van der Waals surface area contributed by atoms with Crippen molar-refractivity contribution in [3.63, 3.8) is 0 Å². The molecule has 0 unspecified atom stereocenters. The third kappa shape index (κ3) is 9.06. The normalized spacial score (nSPS) is 17.9. The van der Waals surface area contributed by atoms with Crippen molar-refractivity contribution in [2.24, 2.45) is 0 Å². The highest BCUT2D eigenvalue weighted by atomic mass is 15.2. The Kier molecular flexibility index (Phi) is 13.0. The minimum absolute atomic E-state index is 0.670. The van der Waals surface area contributed by atoms with Crippen LogP contribution in [0.4, 0.5) is 34.1 Å². The summed E-state index contributed by atoms with van der Waals surface area (Å²) < 4.78 is 0. The Bertz CT molecular complexity index is 2730. The van der Waals surface area contributed by atoms with E-state index in [4.69, 9.17) is 0 Å². The Balaban J connectivity index is 1.05. The molecule has 0 saturated heterocycles. The summed E-state index contributed by atoms with van der Waals surface area (Å²) in [7, 11) is 0. The van der Waals surface area contributed by atoms with E-state index in [1.165, 1.54) is 228 Å². The van der Waals surface area contributed by atoms with E-state index in [1.807, 2.05) is 0 Å². The van der Waals surface area contributed by atoms with Gasteiger partial charge in [0.15, 0.2) is 0 Å². The van der Waals surface area contributed by atoms with Crippen LogP contribution in [-0.2, 0) is 0 Å². The van der Waals surface area contributed by atoms with Gasteiger partial charge >= 0.3 is 0 Å². The second-order valence-corrected chi connectivity index (χ2v) is 22.4. The fourth-order valence-electron chi connectivity index (χ4n) is 13.8. The monoisotopic (exact) mass is 919 g/mol.